The average Bonchev–Trinajstić information content (AvgIpc) is 3.24. The zero-order valence-electron chi connectivity index (χ0n) is 16.2. The number of hydrogen-bond donors (Lipinski definition) is 1. The number of ether oxygens (including phenoxy) is 1. The summed E-state index contributed by atoms with van der Waals surface area (Å²) >= 11 is 0. The first-order chi connectivity index (χ1) is 14.2. The minimum absolute atomic E-state index is 0.102. The lowest BCUT2D eigenvalue weighted by molar-refractivity contribution is -0.123. The Labute approximate surface area is 169 Å². The van der Waals surface area contributed by atoms with Gasteiger partial charge in [0, 0.05) is 30.6 Å². The molecule has 3 aromatic rings. The number of nitrogens with one attached hydrogen (secondary N) is 1. The van der Waals surface area contributed by atoms with Gasteiger partial charge in [0.2, 0.25) is 0 Å². The average molecular weight is 392 g/mol. The van der Waals surface area contributed by atoms with E-state index >= 15 is 0 Å². The van der Waals surface area contributed by atoms with E-state index in [1.54, 1.807) is 24.3 Å². The van der Waals surface area contributed by atoms with E-state index in [1.165, 1.54) is 37.6 Å². The minimum Gasteiger partial charge on any atom is -0.484 e. The fraction of sp³-hybridized carbons (Fsp3) is 0.304. The SMILES string of the molecule is O=C(COc1ccc2ccc(=O)oc2c1)NCc1ccc(CN2CCCC2)cc1. The van der Waals surface area contributed by atoms with Crippen LogP contribution in [0.5, 0.6) is 5.75 Å². The van der Waals surface area contributed by atoms with Crippen LogP contribution < -0.4 is 15.7 Å². The van der Waals surface area contributed by atoms with Crippen molar-refractivity contribution < 1.29 is 13.9 Å². The fourth-order valence-corrected chi connectivity index (χ4v) is 3.49. The van der Waals surface area contributed by atoms with Crippen molar-refractivity contribution in [2.45, 2.75) is 25.9 Å². The summed E-state index contributed by atoms with van der Waals surface area (Å²) in [4.78, 5) is 25.9. The first kappa shape index (κ1) is 19.2. The van der Waals surface area contributed by atoms with Gasteiger partial charge in [-0.1, -0.05) is 24.3 Å². The first-order valence-corrected chi connectivity index (χ1v) is 9.89. The predicted molar refractivity (Wildman–Crippen MR) is 111 cm³/mol. The molecule has 1 fully saturated rings. The predicted octanol–water partition coefficient (Wildman–Crippen LogP) is 3.08. The Hall–Kier alpha value is -3.12. The normalized spacial score (nSPS) is 14.2. The van der Waals surface area contributed by atoms with Crippen LogP contribution in [-0.2, 0) is 17.9 Å². The number of rotatable bonds is 7. The lowest BCUT2D eigenvalue weighted by Gasteiger charge is -2.14. The second-order valence-corrected chi connectivity index (χ2v) is 7.32. The highest BCUT2D eigenvalue weighted by molar-refractivity contribution is 5.79. The second kappa shape index (κ2) is 8.92. The molecule has 1 aliphatic heterocycles. The van der Waals surface area contributed by atoms with E-state index in [0.717, 1.165) is 17.5 Å². The Morgan fingerprint density at radius 2 is 1.72 bits per heavy atom. The molecule has 1 aromatic heterocycles. The van der Waals surface area contributed by atoms with Crippen molar-refractivity contribution in [3.05, 3.63) is 76.1 Å². The summed E-state index contributed by atoms with van der Waals surface area (Å²) < 4.78 is 10.6. The van der Waals surface area contributed by atoms with Gasteiger partial charge in [0.1, 0.15) is 11.3 Å². The van der Waals surface area contributed by atoms with Gasteiger partial charge < -0.3 is 14.5 Å². The lowest BCUT2D eigenvalue weighted by atomic mass is 10.1. The van der Waals surface area contributed by atoms with Gasteiger partial charge in [0.25, 0.3) is 5.91 Å². The molecule has 150 valence electrons. The second-order valence-electron chi connectivity index (χ2n) is 7.32. The van der Waals surface area contributed by atoms with Crippen molar-refractivity contribution >= 4 is 16.9 Å². The van der Waals surface area contributed by atoms with Gasteiger partial charge in [-0.3, -0.25) is 9.69 Å². The Balaban J connectivity index is 1.25. The Morgan fingerprint density at radius 3 is 2.52 bits per heavy atom. The van der Waals surface area contributed by atoms with Crippen molar-refractivity contribution in [3.8, 4) is 5.75 Å². The Morgan fingerprint density at radius 1 is 1.00 bits per heavy atom. The third kappa shape index (κ3) is 5.23. The molecular formula is C23H24N2O4. The van der Waals surface area contributed by atoms with Crippen LogP contribution >= 0.6 is 0 Å². The maximum atomic E-state index is 12.1. The molecule has 6 heteroatoms. The van der Waals surface area contributed by atoms with Gasteiger partial charge >= 0.3 is 5.63 Å². The molecular weight excluding hydrogens is 368 g/mol. The highest BCUT2D eigenvalue weighted by atomic mass is 16.5. The maximum absolute atomic E-state index is 12.1. The quantitative estimate of drug-likeness (QED) is 0.626. The van der Waals surface area contributed by atoms with E-state index in [4.69, 9.17) is 9.15 Å². The number of carbonyl (C=O) groups excluding carboxylic acids is 1. The summed E-state index contributed by atoms with van der Waals surface area (Å²) in [6.45, 7) is 3.71. The first-order valence-electron chi connectivity index (χ1n) is 9.89. The topological polar surface area (TPSA) is 71.8 Å². The van der Waals surface area contributed by atoms with Gasteiger partial charge in [-0.05, 0) is 55.3 Å². The van der Waals surface area contributed by atoms with Crippen LogP contribution in [0, 0.1) is 0 Å². The van der Waals surface area contributed by atoms with Crippen LogP contribution in [0.1, 0.15) is 24.0 Å². The standard InChI is InChI=1S/C23H24N2O4/c26-22(16-28-20-9-7-19-8-10-23(27)29-21(19)13-20)24-14-17-3-5-18(6-4-17)15-25-11-1-2-12-25/h3-10,13H,1-2,11-12,14-16H2,(H,24,26). The number of nitrogens with zero attached hydrogens (tertiary/aromatic N) is 1. The van der Waals surface area contributed by atoms with E-state index < -0.39 is 5.63 Å². The number of hydrogen-bond acceptors (Lipinski definition) is 5. The molecule has 1 amide bonds. The summed E-state index contributed by atoms with van der Waals surface area (Å²) in [7, 11) is 0. The van der Waals surface area contributed by atoms with Crippen LogP contribution in [0.15, 0.2) is 63.8 Å². The van der Waals surface area contributed by atoms with E-state index in [2.05, 4.69) is 34.5 Å². The number of fused-ring (bicyclic) bond motifs is 1. The largest absolute Gasteiger partial charge is 0.484 e. The van der Waals surface area contributed by atoms with Crippen LogP contribution in [0.4, 0.5) is 0 Å². The van der Waals surface area contributed by atoms with Crippen molar-refractivity contribution in [3.63, 3.8) is 0 Å². The molecule has 4 rings (SSSR count). The third-order valence-electron chi connectivity index (χ3n) is 5.08. The van der Waals surface area contributed by atoms with Gasteiger partial charge in [0.15, 0.2) is 6.61 Å². The number of likely N-dealkylation sites (tertiary alicyclic amines) is 1. The van der Waals surface area contributed by atoms with Crippen LogP contribution in [0.25, 0.3) is 11.0 Å². The number of benzene rings is 2. The van der Waals surface area contributed by atoms with E-state index in [-0.39, 0.29) is 12.5 Å². The molecule has 0 spiro atoms. The van der Waals surface area contributed by atoms with Crippen LogP contribution in [0.3, 0.4) is 0 Å². The molecule has 29 heavy (non-hydrogen) atoms. The minimum atomic E-state index is -0.418. The molecule has 0 radical (unpaired) electrons. The number of amides is 1. The summed E-state index contributed by atoms with van der Waals surface area (Å²) in [5.41, 5.74) is 2.37. The van der Waals surface area contributed by atoms with E-state index in [9.17, 15) is 9.59 Å². The van der Waals surface area contributed by atoms with Crippen molar-refractivity contribution in [1.82, 2.24) is 10.2 Å². The molecule has 0 bridgehead atoms. The molecule has 0 unspecified atom stereocenters. The molecule has 0 atom stereocenters. The molecule has 1 N–H and O–H groups in total. The molecule has 1 saturated heterocycles. The van der Waals surface area contributed by atoms with Crippen LogP contribution in [-0.4, -0.2) is 30.5 Å². The summed E-state index contributed by atoms with van der Waals surface area (Å²) in [6, 6.07) is 16.6. The zero-order chi connectivity index (χ0) is 20.1. The van der Waals surface area contributed by atoms with Gasteiger partial charge in [-0.15, -0.1) is 0 Å². The zero-order valence-corrected chi connectivity index (χ0v) is 16.2. The fourth-order valence-electron chi connectivity index (χ4n) is 3.49. The maximum Gasteiger partial charge on any atom is 0.336 e. The molecule has 0 saturated carbocycles. The van der Waals surface area contributed by atoms with Gasteiger partial charge in [0.05, 0.1) is 0 Å². The van der Waals surface area contributed by atoms with Crippen molar-refractivity contribution in [2.75, 3.05) is 19.7 Å². The monoisotopic (exact) mass is 392 g/mol. The summed E-state index contributed by atoms with van der Waals surface area (Å²) in [6.07, 6.45) is 2.58. The van der Waals surface area contributed by atoms with E-state index in [0.29, 0.717) is 17.9 Å². The van der Waals surface area contributed by atoms with Gasteiger partial charge in [-0.25, -0.2) is 4.79 Å². The third-order valence-corrected chi connectivity index (χ3v) is 5.08. The Kier molecular flexibility index (Phi) is 5.91. The molecule has 0 aliphatic carbocycles. The molecule has 2 aromatic carbocycles. The molecule has 1 aliphatic rings. The van der Waals surface area contributed by atoms with Crippen molar-refractivity contribution in [1.29, 1.82) is 0 Å². The highest BCUT2D eigenvalue weighted by Crippen LogP contribution is 2.19. The Bertz CT molecular complexity index is 1040. The van der Waals surface area contributed by atoms with Crippen LogP contribution in [0.2, 0.25) is 0 Å². The van der Waals surface area contributed by atoms with E-state index in [1.807, 2.05) is 0 Å². The van der Waals surface area contributed by atoms with Gasteiger partial charge in [-0.2, -0.15) is 0 Å². The smallest absolute Gasteiger partial charge is 0.336 e. The highest BCUT2D eigenvalue weighted by Gasteiger charge is 2.11. The summed E-state index contributed by atoms with van der Waals surface area (Å²) in [5, 5.41) is 3.66. The number of carbonyl (C=O) groups is 1. The molecule has 2 heterocycles. The summed E-state index contributed by atoms with van der Waals surface area (Å²) in [5.74, 6) is 0.272. The van der Waals surface area contributed by atoms with Crippen molar-refractivity contribution in [2.24, 2.45) is 0 Å². The molecule has 6 nitrogen and oxygen atoms in total. The lowest BCUT2D eigenvalue weighted by Crippen LogP contribution is -2.28.